The van der Waals surface area contributed by atoms with Crippen LogP contribution in [0.3, 0.4) is 0 Å². The Kier molecular flexibility index (Phi) is 6.25. The van der Waals surface area contributed by atoms with Gasteiger partial charge in [-0.3, -0.25) is 4.98 Å². The second-order valence-corrected chi connectivity index (χ2v) is 8.61. The third-order valence-electron chi connectivity index (χ3n) is 5.54. The summed E-state index contributed by atoms with van der Waals surface area (Å²) >= 11 is 1.41. The minimum atomic E-state index is -0.818. The van der Waals surface area contributed by atoms with E-state index in [4.69, 9.17) is 5.11 Å². The van der Waals surface area contributed by atoms with Crippen LogP contribution in [0.25, 0.3) is 6.08 Å². The summed E-state index contributed by atoms with van der Waals surface area (Å²) in [6.07, 6.45) is 12.4. The molecule has 0 aromatic carbocycles. The number of aromatic carboxylic acids is 1. The fraction of sp³-hybridized carbons (Fsp3) is 0.455. The van der Waals surface area contributed by atoms with Gasteiger partial charge in [0.05, 0.1) is 0 Å². The summed E-state index contributed by atoms with van der Waals surface area (Å²) in [6.45, 7) is 4.38. The van der Waals surface area contributed by atoms with Gasteiger partial charge >= 0.3 is 5.97 Å². The summed E-state index contributed by atoms with van der Waals surface area (Å²) in [5.74, 6) is 1.31. The van der Waals surface area contributed by atoms with Crippen LogP contribution >= 0.6 is 11.3 Å². The van der Waals surface area contributed by atoms with Crippen LogP contribution < -0.4 is 0 Å². The maximum atomic E-state index is 11.0. The molecular formula is C22H27NO2S. The lowest BCUT2D eigenvalue weighted by molar-refractivity contribution is 0.0702. The van der Waals surface area contributed by atoms with Gasteiger partial charge in [-0.05, 0) is 80.5 Å². The number of aromatic nitrogens is 1. The van der Waals surface area contributed by atoms with Gasteiger partial charge in [-0.2, -0.15) is 0 Å². The zero-order valence-corrected chi connectivity index (χ0v) is 16.3. The van der Waals surface area contributed by atoms with Crippen molar-refractivity contribution < 1.29 is 9.90 Å². The highest BCUT2D eigenvalue weighted by atomic mass is 32.1. The summed E-state index contributed by atoms with van der Waals surface area (Å²) in [4.78, 5) is 17.0. The van der Waals surface area contributed by atoms with E-state index in [1.54, 1.807) is 6.07 Å². The second kappa shape index (κ2) is 8.63. The van der Waals surface area contributed by atoms with Gasteiger partial charge in [0, 0.05) is 16.8 Å². The van der Waals surface area contributed by atoms with Crippen molar-refractivity contribution in [3.05, 3.63) is 57.6 Å². The van der Waals surface area contributed by atoms with Crippen molar-refractivity contribution >= 4 is 23.4 Å². The Morgan fingerprint density at radius 3 is 2.85 bits per heavy atom. The first-order valence-electron chi connectivity index (χ1n) is 9.46. The Morgan fingerprint density at radius 2 is 2.15 bits per heavy atom. The van der Waals surface area contributed by atoms with Crippen LogP contribution in [0.5, 0.6) is 0 Å². The van der Waals surface area contributed by atoms with Crippen LogP contribution in [0, 0.1) is 24.7 Å². The number of rotatable bonds is 7. The number of hydrogen-bond acceptors (Lipinski definition) is 3. The average Bonchev–Trinajstić information content (AvgIpc) is 3.23. The number of carboxylic acids is 1. The number of aryl methyl sites for hydroxylation is 2. The predicted molar refractivity (Wildman–Crippen MR) is 108 cm³/mol. The number of thiophene rings is 1. The number of nitrogens with zero attached hydrogens (tertiary/aromatic N) is 1. The number of carbonyl (C=O) groups is 1. The molecule has 3 nitrogen and oxygen atoms in total. The van der Waals surface area contributed by atoms with Crippen LogP contribution in [0.15, 0.2) is 36.5 Å². The van der Waals surface area contributed by atoms with Gasteiger partial charge in [0.1, 0.15) is 4.88 Å². The topological polar surface area (TPSA) is 50.2 Å². The maximum Gasteiger partial charge on any atom is 0.345 e. The van der Waals surface area contributed by atoms with Gasteiger partial charge < -0.3 is 5.11 Å². The van der Waals surface area contributed by atoms with Crippen molar-refractivity contribution in [2.24, 2.45) is 17.8 Å². The molecule has 2 aromatic heterocycles. The molecule has 3 rings (SSSR count). The first kappa shape index (κ1) is 18.8. The van der Waals surface area contributed by atoms with Gasteiger partial charge in [-0.1, -0.05) is 25.1 Å². The molecule has 3 atom stereocenters. The molecule has 26 heavy (non-hydrogen) atoms. The molecule has 2 heterocycles. The van der Waals surface area contributed by atoms with E-state index in [0.717, 1.165) is 30.4 Å². The molecule has 4 heteroatoms. The van der Waals surface area contributed by atoms with E-state index in [0.29, 0.717) is 10.8 Å². The summed E-state index contributed by atoms with van der Waals surface area (Å²) in [5.41, 5.74) is 2.22. The van der Waals surface area contributed by atoms with Crippen LogP contribution in [0.1, 0.15) is 58.4 Å². The molecule has 1 aliphatic carbocycles. The highest BCUT2D eigenvalue weighted by Crippen LogP contribution is 2.41. The Balaban J connectivity index is 1.54. The predicted octanol–water partition coefficient (Wildman–Crippen LogP) is 5.85. The number of pyridine rings is 1. The van der Waals surface area contributed by atoms with E-state index in [2.05, 4.69) is 36.2 Å². The smallest absolute Gasteiger partial charge is 0.345 e. The highest BCUT2D eigenvalue weighted by Gasteiger charge is 2.31. The zero-order valence-electron chi connectivity index (χ0n) is 15.5. The molecular weight excluding hydrogens is 342 g/mol. The second-order valence-electron chi connectivity index (χ2n) is 7.44. The Bertz CT molecular complexity index is 763. The monoisotopic (exact) mass is 369 g/mol. The van der Waals surface area contributed by atoms with Crippen molar-refractivity contribution in [1.82, 2.24) is 4.98 Å². The third kappa shape index (κ3) is 4.82. The lowest BCUT2D eigenvalue weighted by Gasteiger charge is -2.20. The van der Waals surface area contributed by atoms with Crippen LogP contribution in [-0.2, 0) is 6.42 Å². The molecule has 1 aliphatic rings. The Labute approximate surface area is 159 Å². The third-order valence-corrected chi connectivity index (χ3v) is 6.67. The molecule has 0 bridgehead atoms. The van der Waals surface area contributed by atoms with Crippen molar-refractivity contribution in [3.8, 4) is 0 Å². The van der Waals surface area contributed by atoms with Gasteiger partial charge in [-0.15, -0.1) is 11.3 Å². The molecule has 1 fully saturated rings. The molecule has 0 saturated heterocycles. The van der Waals surface area contributed by atoms with Gasteiger partial charge in [0.25, 0.3) is 0 Å². The average molecular weight is 370 g/mol. The fourth-order valence-corrected chi connectivity index (χ4v) is 4.88. The van der Waals surface area contributed by atoms with Crippen molar-refractivity contribution in [3.63, 3.8) is 0 Å². The standard InChI is InChI=1S/C22H27NO2S/c1-15-6-10-18(11-9-17-8-7-16(2)23-14-17)20(15)5-3-4-19-12-13-21(26-19)22(24)25/h7-9,11-15,18,20H,3-6,10H2,1-2H3,(H,24,25)/b11-9+/t15-,18-,20+/m1/s1. The first-order valence-corrected chi connectivity index (χ1v) is 10.3. The van der Waals surface area contributed by atoms with Crippen molar-refractivity contribution in [1.29, 1.82) is 0 Å². The molecule has 0 radical (unpaired) electrons. The summed E-state index contributed by atoms with van der Waals surface area (Å²) in [5, 5.41) is 9.03. The van der Waals surface area contributed by atoms with E-state index >= 15 is 0 Å². The van der Waals surface area contributed by atoms with E-state index in [1.165, 1.54) is 41.0 Å². The van der Waals surface area contributed by atoms with Crippen molar-refractivity contribution in [2.75, 3.05) is 0 Å². The molecule has 0 amide bonds. The number of carboxylic acid groups (broad SMARTS) is 1. The van der Waals surface area contributed by atoms with E-state index in [9.17, 15) is 4.79 Å². The zero-order chi connectivity index (χ0) is 18.5. The molecule has 2 aromatic rings. The Hall–Kier alpha value is -1.94. The van der Waals surface area contributed by atoms with E-state index in [-0.39, 0.29) is 0 Å². The van der Waals surface area contributed by atoms with E-state index in [1.807, 2.05) is 19.2 Å². The van der Waals surface area contributed by atoms with Gasteiger partial charge in [0.2, 0.25) is 0 Å². The maximum absolute atomic E-state index is 11.0. The highest BCUT2D eigenvalue weighted by molar-refractivity contribution is 7.13. The van der Waals surface area contributed by atoms with Crippen LogP contribution in [0.2, 0.25) is 0 Å². The lowest BCUT2D eigenvalue weighted by atomic mass is 9.85. The minimum absolute atomic E-state index is 0.446. The van der Waals surface area contributed by atoms with E-state index < -0.39 is 5.97 Å². The molecule has 138 valence electrons. The normalized spacial score (nSPS) is 22.9. The quantitative estimate of drug-likeness (QED) is 0.666. The molecule has 0 spiro atoms. The summed E-state index contributed by atoms with van der Waals surface area (Å²) < 4.78 is 0. The molecule has 0 unspecified atom stereocenters. The minimum Gasteiger partial charge on any atom is -0.477 e. The Morgan fingerprint density at radius 1 is 1.31 bits per heavy atom. The number of allylic oxidation sites excluding steroid dienone is 1. The van der Waals surface area contributed by atoms with Crippen LogP contribution in [-0.4, -0.2) is 16.1 Å². The number of hydrogen-bond donors (Lipinski definition) is 1. The molecule has 1 N–H and O–H groups in total. The van der Waals surface area contributed by atoms with Gasteiger partial charge in [0.15, 0.2) is 0 Å². The summed E-state index contributed by atoms with van der Waals surface area (Å²) in [7, 11) is 0. The lowest BCUT2D eigenvalue weighted by Crippen LogP contribution is -2.11. The largest absolute Gasteiger partial charge is 0.477 e. The van der Waals surface area contributed by atoms with Crippen molar-refractivity contribution in [2.45, 2.75) is 46.0 Å². The first-order chi connectivity index (χ1) is 12.5. The van der Waals surface area contributed by atoms with Gasteiger partial charge in [-0.25, -0.2) is 4.79 Å². The SMILES string of the molecule is Cc1ccc(/C=C/[C@H]2CC[C@@H](C)[C@@H]2CCCc2ccc(C(=O)O)s2)cn1. The van der Waals surface area contributed by atoms with Crippen LogP contribution in [0.4, 0.5) is 0 Å². The molecule has 0 aliphatic heterocycles. The molecule has 1 saturated carbocycles. The fourth-order valence-electron chi connectivity index (χ4n) is 3.99. The summed E-state index contributed by atoms with van der Waals surface area (Å²) in [6, 6.07) is 7.87.